The molecule has 1 aliphatic rings. The van der Waals surface area contributed by atoms with Gasteiger partial charge in [0.05, 0.1) is 11.7 Å². The van der Waals surface area contributed by atoms with E-state index in [9.17, 15) is 18.3 Å². The summed E-state index contributed by atoms with van der Waals surface area (Å²) in [5, 5.41) is 14.9. The molecule has 0 bridgehead atoms. The second-order valence-electron chi connectivity index (χ2n) is 5.03. The van der Waals surface area contributed by atoms with Gasteiger partial charge in [-0.2, -0.15) is 13.2 Å². The zero-order chi connectivity index (χ0) is 14.8. The van der Waals surface area contributed by atoms with Gasteiger partial charge in [0.1, 0.15) is 11.6 Å². The summed E-state index contributed by atoms with van der Waals surface area (Å²) in [6.07, 6.45) is -3.29. The molecule has 0 saturated heterocycles. The Morgan fingerprint density at radius 2 is 1.85 bits per heavy atom. The molecule has 2 rings (SSSR count). The maximum Gasteiger partial charge on any atom is 0.416 e. The Labute approximate surface area is 115 Å². The van der Waals surface area contributed by atoms with Crippen LogP contribution in [0.1, 0.15) is 25.3 Å². The van der Waals surface area contributed by atoms with Crippen LogP contribution in [0.15, 0.2) is 12.1 Å². The second kappa shape index (κ2) is 5.87. The molecule has 0 aromatic carbocycles. The van der Waals surface area contributed by atoms with Gasteiger partial charge >= 0.3 is 6.18 Å². The van der Waals surface area contributed by atoms with Crippen molar-refractivity contribution in [2.75, 3.05) is 23.7 Å². The van der Waals surface area contributed by atoms with Crippen LogP contribution in [-0.2, 0) is 6.18 Å². The largest absolute Gasteiger partial charge is 0.416 e. The quantitative estimate of drug-likeness (QED) is 0.780. The maximum atomic E-state index is 12.8. The van der Waals surface area contributed by atoms with Crippen LogP contribution in [0.3, 0.4) is 0 Å². The van der Waals surface area contributed by atoms with Gasteiger partial charge < -0.3 is 15.7 Å². The molecule has 0 amide bonds. The van der Waals surface area contributed by atoms with Crippen molar-refractivity contribution in [3.8, 4) is 0 Å². The molecule has 1 aliphatic carbocycles. The molecule has 20 heavy (non-hydrogen) atoms. The highest BCUT2D eigenvalue weighted by molar-refractivity contribution is 5.49. The molecule has 1 aromatic heterocycles. The van der Waals surface area contributed by atoms with Crippen molar-refractivity contribution in [3.05, 3.63) is 17.7 Å². The Balaban J connectivity index is 2.08. The Hall–Kier alpha value is -1.50. The smallest absolute Gasteiger partial charge is 0.393 e. The van der Waals surface area contributed by atoms with Crippen molar-refractivity contribution in [1.82, 2.24) is 4.98 Å². The number of aromatic nitrogens is 1. The monoisotopic (exact) mass is 289 g/mol. The summed E-state index contributed by atoms with van der Waals surface area (Å²) in [6.45, 7) is 2.82. The number of rotatable bonds is 5. The molecule has 0 radical (unpaired) electrons. The highest BCUT2D eigenvalue weighted by atomic mass is 19.4. The number of aliphatic hydroxyl groups is 1. The molecule has 0 unspecified atom stereocenters. The normalized spacial score (nSPS) is 22.2. The van der Waals surface area contributed by atoms with Gasteiger partial charge in [-0.3, -0.25) is 0 Å². The number of alkyl halides is 3. The number of aliphatic hydroxyl groups excluding tert-OH is 1. The maximum absolute atomic E-state index is 12.8. The first-order valence-corrected chi connectivity index (χ1v) is 6.63. The zero-order valence-corrected chi connectivity index (χ0v) is 11.2. The van der Waals surface area contributed by atoms with Gasteiger partial charge in [-0.25, -0.2) is 4.98 Å². The molecule has 1 heterocycles. The van der Waals surface area contributed by atoms with Crippen LogP contribution in [-0.4, -0.2) is 29.3 Å². The summed E-state index contributed by atoms with van der Waals surface area (Å²) in [7, 11) is 0. The van der Waals surface area contributed by atoms with Crippen LogP contribution in [0.5, 0.6) is 0 Å². The molecule has 1 fully saturated rings. The standard InChI is InChI=1S/C13H18F3N3O/c1-2-17-11-5-9(13(14,15)16)6-12(19-11)18-7-8-3-10(20)4-8/h5-6,8,10,20H,2-4,7H2,1H3,(H2,17,18,19). The van der Waals surface area contributed by atoms with Crippen LogP contribution in [0.2, 0.25) is 0 Å². The number of halogens is 3. The summed E-state index contributed by atoms with van der Waals surface area (Å²) in [4.78, 5) is 4.10. The van der Waals surface area contributed by atoms with Crippen LogP contribution < -0.4 is 10.6 Å². The number of nitrogens with one attached hydrogen (secondary N) is 2. The van der Waals surface area contributed by atoms with Crippen molar-refractivity contribution in [1.29, 1.82) is 0 Å². The number of hydrogen-bond donors (Lipinski definition) is 3. The summed E-state index contributed by atoms with van der Waals surface area (Å²) in [5.41, 5.74) is -0.723. The SMILES string of the molecule is CCNc1cc(C(F)(F)F)cc(NCC2CC(O)C2)n1. The van der Waals surface area contributed by atoms with Gasteiger partial charge in [-0.1, -0.05) is 0 Å². The first kappa shape index (κ1) is 14.9. The van der Waals surface area contributed by atoms with Gasteiger partial charge in [0, 0.05) is 13.1 Å². The molecule has 1 saturated carbocycles. The first-order valence-electron chi connectivity index (χ1n) is 6.63. The third-order valence-electron chi connectivity index (χ3n) is 3.29. The number of pyridine rings is 1. The molecule has 4 nitrogen and oxygen atoms in total. The minimum Gasteiger partial charge on any atom is -0.393 e. The van der Waals surface area contributed by atoms with E-state index in [-0.39, 0.29) is 17.7 Å². The predicted octanol–water partition coefficient (Wildman–Crippen LogP) is 2.72. The number of nitrogens with zero attached hydrogens (tertiary/aromatic N) is 1. The van der Waals surface area contributed by atoms with Gasteiger partial charge in [0.25, 0.3) is 0 Å². The molecule has 1 aromatic rings. The number of hydrogen-bond acceptors (Lipinski definition) is 4. The van der Waals surface area contributed by atoms with Gasteiger partial charge in [-0.15, -0.1) is 0 Å². The molecule has 112 valence electrons. The highest BCUT2D eigenvalue weighted by Crippen LogP contribution is 2.32. The lowest BCUT2D eigenvalue weighted by Crippen LogP contribution is -2.33. The van der Waals surface area contributed by atoms with Gasteiger partial charge in [0.2, 0.25) is 0 Å². The molecule has 0 aliphatic heterocycles. The van der Waals surface area contributed by atoms with E-state index in [0.717, 1.165) is 12.1 Å². The molecule has 0 atom stereocenters. The summed E-state index contributed by atoms with van der Waals surface area (Å²) >= 11 is 0. The topological polar surface area (TPSA) is 57.2 Å². The fraction of sp³-hybridized carbons (Fsp3) is 0.615. The Morgan fingerprint density at radius 3 is 2.35 bits per heavy atom. The predicted molar refractivity (Wildman–Crippen MR) is 70.6 cm³/mol. The van der Waals surface area contributed by atoms with E-state index < -0.39 is 11.7 Å². The lowest BCUT2D eigenvalue weighted by atomic mass is 9.82. The van der Waals surface area contributed by atoms with Crippen molar-refractivity contribution >= 4 is 11.6 Å². The molecule has 7 heteroatoms. The second-order valence-corrected chi connectivity index (χ2v) is 5.03. The fourth-order valence-corrected chi connectivity index (χ4v) is 2.17. The summed E-state index contributed by atoms with van der Waals surface area (Å²) < 4.78 is 38.4. The van der Waals surface area contributed by atoms with Crippen LogP contribution in [0.4, 0.5) is 24.8 Å². The van der Waals surface area contributed by atoms with Crippen molar-refractivity contribution in [3.63, 3.8) is 0 Å². The van der Waals surface area contributed by atoms with E-state index in [1.807, 2.05) is 0 Å². The lowest BCUT2D eigenvalue weighted by molar-refractivity contribution is -0.137. The van der Waals surface area contributed by atoms with Crippen molar-refractivity contribution < 1.29 is 18.3 Å². The molecule has 0 spiro atoms. The first-order chi connectivity index (χ1) is 9.38. The molecule has 3 N–H and O–H groups in total. The van der Waals surface area contributed by atoms with E-state index in [2.05, 4.69) is 15.6 Å². The summed E-state index contributed by atoms with van der Waals surface area (Å²) in [5.74, 6) is 0.708. The average molecular weight is 289 g/mol. The zero-order valence-electron chi connectivity index (χ0n) is 11.2. The van der Waals surface area contributed by atoms with E-state index in [4.69, 9.17) is 0 Å². The minimum atomic E-state index is -4.39. The van der Waals surface area contributed by atoms with Crippen LogP contribution >= 0.6 is 0 Å². The third-order valence-corrected chi connectivity index (χ3v) is 3.29. The molecular formula is C13H18F3N3O. The Bertz CT molecular complexity index is 459. The van der Waals surface area contributed by atoms with E-state index in [0.29, 0.717) is 31.8 Å². The third kappa shape index (κ3) is 3.75. The van der Waals surface area contributed by atoms with Crippen molar-refractivity contribution in [2.45, 2.75) is 32.0 Å². The summed E-state index contributed by atoms with van der Waals surface area (Å²) in [6, 6.07) is 2.01. The Kier molecular flexibility index (Phi) is 4.37. The lowest BCUT2D eigenvalue weighted by Gasteiger charge is -2.31. The Morgan fingerprint density at radius 1 is 1.25 bits per heavy atom. The highest BCUT2D eigenvalue weighted by Gasteiger charge is 2.32. The van der Waals surface area contributed by atoms with Crippen LogP contribution in [0.25, 0.3) is 0 Å². The van der Waals surface area contributed by atoms with E-state index >= 15 is 0 Å². The van der Waals surface area contributed by atoms with Crippen molar-refractivity contribution in [2.24, 2.45) is 5.92 Å². The van der Waals surface area contributed by atoms with Gasteiger partial charge in [-0.05, 0) is 37.8 Å². The fourth-order valence-electron chi connectivity index (χ4n) is 2.17. The average Bonchev–Trinajstić information content (AvgIpc) is 2.32. The van der Waals surface area contributed by atoms with E-state index in [1.165, 1.54) is 0 Å². The van der Waals surface area contributed by atoms with Gasteiger partial charge in [0.15, 0.2) is 0 Å². The van der Waals surface area contributed by atoms with E-state index in [1.54, 1.807) is 6.92 Å². The number of anilines is 2. The van der Waals surface area contributed by atoms with Crippen LogP contribution in [0, 0.1) is 5.92 Å². The minimum absolute atomic E-state index is 0.206. The molecular weight excluding hydrogens is 271 g/mol.